The molecule has 0 aliphatic heterocycles. The maximum absolute atomic E-state index is 10.7. The number of halogens is 2. The van der Waals surface area contributed by atoms with Gasteiger partial charge in [-0.2, -0.15) is 5.26 Å². The van der Waals surface area contributed by atoms with Crippen LogP contribution in [0.1, 0.15) is 36.5 Å². The highest BCUT2D eigenvalue weighted by Gasteiger charge is 2.12. The van der Waals surface area contributed by atoms with Crippen molar-refractivity contribution in [1.29, 1.82) is 5.26 Å². The molecule has 0 heterocycles. The van der Waals surface area contributed by atoms with Gasteiger partial charge >= 0.3 is 5.97 Å². The monoisotopic (exact) mass is 406 g/mol. The third-order valence-corrected chi connectivity index (χ3v) is 4.33. The minimum Gasteiger partial charge on any atom is -0.486 e. The van der Waals surface area contributed by atoms with Crippen LogP contribution in [-0.2, 0) is 17.8 Å². The zero-order valence-corrected chi connectivity index (χ0v) is 16.4. The predicted octanol–water partition coefficient (Wildman–Crippen LogP) is 5.28. The van der Waals surface area contributed by atoms with Crippen molar-refractivity contribution in [2.45, 2.75) is 32.8 Å². The fourth-order valence-corrected chi connectivity index (χ4v) is 3.15. The molecular weight excluding hydrogens is 387 g/mol. The van der Waals surface area contributed by atoms with E-state index in [4.69, 9.17) is 33.0 Å². The van der Waals surface area contributed by atoms with Crippen LogP contribution in [0.3, 0.4) is 0 Å². The summed E-state index contributed by atoms with van der Waals surface area (Å²) < 4.78 is 5.78. The van der Waals surface area contributed by atoms with Gasteiger partial charge in [0.2, 0.25) is 0 Å². The standard InChI is InChI=1S/C20H20Cl2N2O3/c1-2-5-24-16-7-14(11-23)6-15(8-16)12-27-20-17(21)9-13(10-18(20)22)3-4-19(25)26/h6-10,24H,2-5,12H2,1H3,(H,25,26). The van der Waals surface area contributed by atoms with Crippen molar-refractivity contribution in [3.63, 3.8) is 0 Å². The molecule has 0 unspecified atom stereocenters. The Morgan fingerprint density at radius 2 is 1.89 bits per heavy atom. The van der Waals surface area contributed by atoms with Crippen molar-refractivity contribution in [1.82, 2.24) is 0 Å². The van der Waals surface area contributed by atoms with Crippen molar-refractivity contribution in [3.05, 3.63) is 57.1 Å². The molecule has 27 heavy (non-hydrogen) atoms. The number of carboxylic acids is 1. The van der Waals surface area contributed by atoms with Gasteiger partial charge in [-0.1, -0.05) is 30.1 Å². The Morgan fingerprint density at radius 1 is 1.19 bits per heavy atom. The smallest absolute Gasteiger partial charge is 0.303 e. The summed E-state index contributed by atoms with van der Waals surface area (Å²) in [6.07, 6.45) is 1.31. The Bertz CT molecular complexity index is 840. The number of ether oxygens (including phenoxy) is 1. The highest BCUT2D eigenvalue weighted by Crippen LogP contribution is 2.35. The van der Waals surface area contributed by atoms with E-state index in [9.17, 15) is 10.1 Å². The topological polar surface area (TPSA) is 82.3 Å². The molecule has 0 atom stereocenters. The van der Waals surface area contributed by atoms with Crippen molar-refractivity contribution in [2.24, 2.45) is 0 Å². The molecule has 5 nitrogen and oxygen atoms in total. The average molecular weight is 407 g/mol. The van der Waals surface area contributed by atoms with Gasteiger partial charge in [0, 0.05) is 18.7 Å². The third-order valence-electron chi connectivity index (χ3n) is 3.77. The molecule has 0 saturated heterocycles. The number of carbonyl (C=O) groups is 1. The predicted molar refractivity (Wildman–Crippen MR) is 107 cm³/mol. The minimum absolute atomic E-state index is 0.00134. The van der Waals surface area contributed by atoms with Crippen molar-refractivity contribution >= 4 is 34.9 Å². The van der Waals surface area contributed by atoms with Gasteiger partial charge < -0.3 is 15.2 Å². The second-order valence-electron chi connectivity index (χ2n) is 6.03. The molecule has 0 aliphatic rings. The van der Waals surface area contributed by atoms with Crippen LogP contribution in [0.2, 0.25) is 10.0 Å². The average Bonchev–Trinajstić information content (AvgIpc) is 2.63. The maximum atomic E-state index is 10.7. The largest absolute Gasteiger partial charge is 0.486 e. The lowest BCUT2D eigenvalue weighted by atomic mass is 10.1. The lowest BCUT2D eigenvalue weighted by Crippen LogP contribution is -2.03. The maximum Gasteiger partial charge on any atom is 0.303 e. The Morgan fingerprint density at radius 3 is 2.48 bits per heavy atom. The van der Waals surface area contributed by atoms with Gasteiger partial charge in [-0.05, 0) is 54.3 Å². The molecule has 0 fully saturated rings. The van der Waals surface area contributed by atoms with Crippen LogP contribution in [-0.4, -0.2) is 17.6 Å². The van der Waals surface area contributed by atoms with Crippen LogP contribution < -0.4 is 10.1 Å². The molecular formula is C20H20Cl2N2O3. The van der Waals surface area contributed by atoms with Gasteiger partial charge in [-0.15, -0.1) is 0 Å². The SMILES string of the molecule is CCCNc1cc(C#N)cc(COc2c(Cl)cc(CCC(=O)O)cc2Cl)c1. The summed E-state index contributed by atoms with van der Waals surface area (Å²) in [5.74, 6) is -0.546. The highest BCUT2D eigenvalue weighted by atomic mass is 35.5. The Labute approximate surface area is 168 Å². The number of aliphatic carboxylic acids is 1. The van der Waals surface area contributed by atoms with Crippen molar-refractivity contribution in [3.8, 4) is 11.8 Å². The highest BCUT2D eigenvalue weighted by molar-refractivity contribution is 6.37. The summed E-state index contributed by atoms with van der Waals surface area (Å²) in [5, 5.41) is 21.9. The third kappa shape index (κ3) is 6.35. The molecule has 2 aromatic rings. The van der Waals surface area contributed by atoms with Crippen LogP contribution >= 0.6 is 23.2 Å². The number of rotatable bonds is 9. The first kappa shape index (κ1) is 20.9. The molecule has 0 aromatic heterocycles. The zero-order chi connectivity index (χ0) is 19.8. The summed E-state index contributed by atoms with van der Waals surface area (Å²) in [7, 11) is 0. The molecule has 0 radical (unpaired) electrons. The molecule has 0 saturated carbocycles. The fourth-order valence-electron chi connectivity index (χ4n) is 2.51. The summed E-state index contributed by atoms with van der Waals surface area (Å²) in [6, 6.07) is 10.9. The molecule has 0 bridgehead atoms. The quantitative estimate of drug-likeness (QED) is 0.591. The number of hydrogen-bond acceptors (Lipinski definition) is 4. The van der Waals surface area contributed by atoms with Gasteiger partial charge in [0.1, 0.15) is 6.61 Å². The normalized spacial score (nSPS) is 10.3. The number of nitriles is 1. The lowest BCUT2D eigenvalue weighted by Gasteiger charge is -2.13. The Kier molecular flexibility index (Phi) is 7.78. The number of carboxylic acid groups (broad SMARTS) is 1. The van der Waals surface area contributed by atoms with Gasteiger partial charge in [0.25, 0.3) is 0 Å². The number of aryl methyl sites for hydroxylation is 1. The van der Waals surface area contributed by atoms with Crippen LogP contribution in [0.25, 0.3) is 0 Å². The summed E-state index contributed by atoms with van der Waals surface area (Å²) >= 11 is 12.5. The number of benzene rings is 2. The van der Waals surface area contributed by atoms with Crippen LogP contribution in [0, 0.1) is 11.3 Å². The first-order chi connectivity index (χ1) is 12.9. The van der Waals surface area contributed by atoms with E-state index in [1.54, 1.807) is 24.3 Å². The molecule has 2 N–H and O–H groups in total. The van der Waals surface area contributed by atoms with Gasteiger partial charge in [-0.25, -0.2) is 0 Å². The lowest BCUT2D eigenvalue weighted by molar-refractivity contribution is -0.136. The van der Waals surface area contributed by atoms with Crippen LogP contribution in [0.5, 0.6) is 5.75 Å². The summed E-state index contributed by atoms with van der Waals surface area (Å²) in [5.41, 5.74) is 2.94. The molecule has 0 amide bonds. The molecule has 142 valence electrons. The second kappa shape index (κ2) is 10.1. The van der Waals surface area contributed by atoms with Gasteiger partial charge in [-0.3, -0.25) is 4.79 Å². The van der Waals surface area contributed by atoms with E-state index < -0.39 is 5.97 Å². The van der Waals surface area contributed by atoms with E-state index in [1.807, 2.05) is 6.07 Å². The Hall–Kier alpha value is -2.42. The van der Waals surface area contributed by atoms with E-state index in [1.165, 1.54) is 0 Å². The molecule has 0 aliphatic carbocycles. The Balaban J connectivity index is 2.14. The van der Waals surface area contributed by atoms with Crippen molar-refractivity contribution < 1.29 is 14.6 Å². The van der Waals surface area contributed by atoms with Crippen molar-refractivity contribution in [2.75, 3.05) is 11.9 Å². The fraction of sp³-hybridized carbons (Fsp3) is 0.300. The second-order valence-corrected chi connectivity index (χ2v) is 6.84. The first-order valence-electron chi connectivity index (χ1n) is 8.53. The summed E-state index contributed by atoms with van der Waals surface area (Å²) in [6.45, 7) is 3.07. The first-order valence-corrected chi connectivity index (χ1v) is 9.29. The van der Waals surface area contributed by atoms with E-state index in [-0.39, 0.29) is 13.0 Å². The number of nitrogens with zero attached hydrogens (tertiary/aromatic N) is 1. The van der Waals surface area contributed by atoms with E-state index in [2.05, 4.69) is 18.3 Å². The minimum atomic E-state index is -0.882. The van der Waals surface area contributed by atoms with Crippen LogP contribution in [0.4, 0.5) is 5.69 Å². The zero-order valence-electron chi connectivity index (χ0n) is 14.9. The molecule has 2 aromatic carbocycles. The molecule has 0 spiro atoms. The number of anilines is 1. The van der Waals surface area contributed by atoms with Crippen LogP contribution in [0.15, 0.2) is 30.3 Å². The van der Waals surface area contributed by atoms with E-state index in [0.717, 1.165) is 29.8 Å². The molecule has 7 heteroatoms. The van der Waals surface area contributed by atoms with E-state index >= 15 is 0 Å². The van der Waals surface area contributed by atoms with Gasteiger partial charge in [0.05, 0.1) is 21.7 Å². The number of nitrogens with one attached hydrogen (secondary N) is 1. The van der Waals surface area contributed by atoms with E-state index in [0.29, 0.717) is 27.8 Å². The van der Waals surface area contributed by atoms with Gasteiger partial charge in [0.15, 0.2) is 5.75 Å². The summed E-state index contributed by atoms with van der Waals surface area (Å²) in [4.78, 5) is 10.7. The number of hydrogen-bond donors (Lipinski definition) is 2. The molecule has 2 rings (SSSR count).